The topological polar surface area (TPSA) is 12.0 Å². The predicted octanol–water partition coefficient (Wildman–Crippen LogP) is 1.91. The van der Waals surface area contributed by atoms with E-state index in [2.05, 4.69) is 25.2 Å². The molecule has 1 heteroatoms. The van der Waals surface area contributed by atoms with Crippen LogP contribution in [0.25, 0.3) is 0 Å². The van der Waals surface area contributed by atoms with Gasteiger partial charge in [0.2, 0.25) is 0 Å². The largest absolute Gasteiger partial charge is 0.392 e. The van der Waals surface area contributed by atoms with Gasteiger partial charge in [-0.15, -0.1) is 0 Å². The van der Waals surface area contributed by atoms with Crippen LogP contribution in [0.5, 0.6) is 0 Å². The minimum atomic E-state index is 0.512. The molecular formula is C8H15N. The summed E-state index contributed by atoms with van der Waals surface area (Å²) in [6.45, 7) is 4.60. The molecule has 0 radical (unpaired) electrons. The highest BCUT2D eigenvalue weighted by atomic mass is 14.8. The predicted molar refractivity (Wildman–Crippen MR) is 40.2 cm³/mol. The molecule has 1 N–H and O–H groups in total. The normalized spacial score (nSPS) is 23.7. The number of allylic oxidation sites excluding steroid dienone is 2. The summed E-state index contributed by atoms with van der Waals surface area (Å²) in [5.74, 6) is 0. The van der Waals surface area contributed by atoms with Crippen LogP contribution in [0.3, 0.4) is 0 Å². The van der Waals surface area contributed by atoms with Crippen molar-refractivity contribution in [2.24, 2.45) is 5.41 Å². The molecule has 0 spiro atoms. The SMILES string of the molecule is CNC1=CCC(C)(C)C1. The van der Waals surface area contributed by atoms with Gasteiger partial charge in [0.25, 0.3) is 0 Å². The minimum Gasteiger partial charge on any atom is -0.392 e. The summed E-state index contributed by atoms with van der Waals surface area (Å²) in [6, 6.07) is 0. The molecule has 0 aromatic heterocycles. The van der Waals surface area contributed by atoms with Crippen LogP contribution in [0.15, 0.2) is 11.8 Å². The lowest BCUT2D eigenvalue weighted by Gasteiger charge is -2.16. The molecule has 1 nitrogen and oxygen atoms in total. The number of rotatable bonds is 1. The molecule has 0 aromatic carbocycles. The summed E-state index contributed by atoms with van der Waals surface area (Å²) >= 11 is 0. The molecule has 1 aliphatic rings. The van der Waals surface area contributed by atoms with Crippen molar-refractivity contribution in [1.82, 2.24) is 5.32 Å². The average molecular weight is 125 g/mol. The molecule has 0 heterocycles. The fraction of sp³-hybridized carbons (Fsp3) is 0.750. The van der Waals surface area contributed by atoms with Crippen LogP contribution in [0.1, 0.15) is 26.7 Å². The van der Waals surface area contributed by atoms with E-state index in [1.54, 1.807) is 0 Å². The van der Waals surface area contributed by atoms with Crippen LogP contribution in [0, 0.1) is 5.41 Å². The van der Waals surface area contributed by atoms with Gasteiger partial charge < -0.3 is 5.32 Å². The van der Waals surface area contributed by atoms with Crippen molar-refractivity contribution in [3.05, 3.63) is 11.8 Å². The molecule has 0 saturated carbocycles. The van der Waals surface area contributed by atoms with Gasteiger partial charge in [-0.1, -0.05) is 19.9 Å². The van der Waals surface area contributed by atoms with Gasteiger partial charge in [0.15, 0.2) is 0 Å². The molecule has 1 aliphatic carbocycles. The second kappa shape index (κ2) is 2.05. The van der Waals surface area contributed by atoms with Gasteiger partial charge >= 0.3 is 0 Å². The van der Waals surface area contributed by atoms with Gasteiger partial charge in [0, 0.05) is 12.7 Å². The third-order valence-corrected chi connectivity index (χ3v) is 1.89. The van der Waals surface area contributed by atoms with Gasteiger partial charge in [-0.25, -0.2) is 0 Å². The second-order valence-corrected chi connectivity index (χ2v) is 3.52. The van der Waals surface area contributed by atoms with Crippen LogP contribution in [0.4, 0.5) is 0 Å². The molecule has 0 saturated heterocycles. The van der Waals surface area contributed by atoms with Crippen LogP contribution in [-0.4, -0.2) is 7.05 Å². The Labute approximate surface area is 57.1 Å². The summed E-state index contributed by atoms with van der Waals surface area (Å²) in [7, 11) is 1.99. The minimum absolute atomic E-state index is 0.512. The monoisotopic (exact) mass is 125 g/mol. The lowest BCUT2D eigenvalue weighted by Crippen LogP contribution is -2.10. The Hall–Kier alpha value is -0.460. The van der Waals surface area contributed by atoms with E-state index in [9.17, 15) is 0 Å². The summed E-state index contributed by atoms with van der Waals surface area (Å²) in [5, 5.41) is 3.18. The maximum Gasteiger partial charge on any atom is 0.00692 e. The van der Waals surface area contributed by atoms with Crippen LogP contribution in [0.2, 0.25) is 0 Å². The average Bonchev–Trinajstić information content (AvgIpc) is 2.10. The fourth-order valence-corrected chi connectivity index (χ4v) is 1.25. The van der Waals surface area contributed by atoms with Crippen molar-refractivity contribution >= 4 is 0 Å². The highest BCUT2D eigenvalue weighted by Crippen LogP contribution is 2.34. The Kier molecular flexibility index (Phi) is 1.52. The zero-order valence-electron chi connectivity index (χ0n) is 6.49. The molecule has 0 atom stereocenters. The summed E-state index contributed by atoms with van der Waals surface area (Å²) in [5.41, 5.74) is 1.92. The van der Waals surface area contributed by atoms with E-state index in [4.69, 9.17) is 0 Å². The van der Waals surface area contributed by atoms with E-state index >= 15 is 0 Å². The van der Waals surface area contributed by atoms with Crippen molar-refractivity contribution in [2.75, 3.05) is 7.05 Å². The van der Waals surface area contributed by atoms with Crippen molar-refractivity contribution < 1.29 is 0 Å². The molecule has 0 aromatic rings. The lowest BCUT2D eigenvalue weighted by atomic mass is 9.91. The molecule has 0 aliphatic heterocycles. The molecular weight excluding hydrogens is 110 g/mol. The Bertz CT molecular complexity index is 134. The van der Waals surface area contributed by atoms with Gasteiger partial charge in [-0.05, 0) is 18.3 Å². The van der Waals surface area contributed by atoms with Crippen molar-refractivity contribution in [1.29, 1.82) is 0 Å². The number of hydrogen-bond acceptors (Lipinski definition) is 1. The fourth-order valence-electron chi connectivity index (χ4n) is 1.25. The van der Waals surface area contributed by atoms with Crippen molar-refractivity contribution in [2.45, 2.75) is 26.7 Å². The highest BCUT2D eigenvalue weighted by molar-refractivity contribution is 5.10. The smallest absolute Gasteiger partial charge is 0.00692 e. The third kappa shape index (κ3) is 1.47. The van der Waals surface area contributed by atoms with E-state index in [1.807, 2.05) is 7.05 Å². The molecule has 9 heavy (non-hydrogen) atoms. The van der Waals surface area contributed by atoms with Gasteiger partial charge in [-0.2, -0.15) is 0 Å². The number of nitrogens with one attached hydrogen (secondary N) is 1. The van der Waals surface area contributed by atoms with Gasteiger partial charge in [0.1, 0.15) is 0 Å². The Morgan fingerprint density at radius 3 is 2.44 bits per heavy atom. The standard InChI is InChI=1S/C8H15N/c1-8(2)5-4-7(6-8)9-3/h4,9H,5-6H2,1-3H3. The maximum atomic E-state index is 3.18. The highest BCUT2D eigenvalue weighted by Gasteiger charge is 2.23. The van der Waals surface area contributed by atoms with E-state index in [1.165, 1.54) is 18.5 Å². The zero-order chi connectivity index (χ0) is 6.91. The number of hydrogen-bond donors (Lipinski definition) is 1. The van der Waals surface area contributed by atoms with Crippen LogP contribution < -0.4 is 5.32 Å². The zero-order valence-corrected chi connectivity index (χ0v) is 6.49. The third-order valence-electron chi connectivity index (χ3n) is 1.89. The van der Waals surface area contributed by atoms with Crippen LogP contribution in [-0.2, 0) is 0 Å². The molecule has 1 rings (SSSR count). The Morgan fingerprint density at radius 2 is 2.22 bits per heavy atom. The first-order chi connectivity index (χ1) is 4.14. The quantitative estimate of drug-likeness (QED) is 0.564. The second-order valence-electron chi connectivity index (χ2n) is 3.52. The first-order valence-corrected chi connectivity index (χ1v) is 3.51. The van der Waals surface area contributed by atoms with Crippen molar-refractivity contribution in [3.63, 3.8) is 0 Å². The molecule has 52 valence electrons. The molecule has 0 bridgehead atoms. The first kappa shape index (κ1) is 6.66. The molecule has 0 amide bonds. The first-order valence-electron chi connectivity index (χ1n) is 3.51. The van der Waals surface area contributed by atoms with E-state index < -0.39 is 0 Å². The summed E-state index contributed by atoms with van der Waals surface area (Å²) in [6.07, 6.45) is 4.73. The summed E-state index contributed by atoms with van der Waals surface area (Å²) < 4.78 is 0. The van der Waals surface area contributed by atoms with E-state index in [-0.39, 0.29) is 0 Å². The van der Waals surface area contributed by atoms with E-state index in [0.717, 1.165) is 0 Å². The Balaban J connectivity index is 2.50. The van der Waals surface area contributed by atoms with Crippen LogP contribution >= 0.6 is 0 Å². The lowest BCUT2D eigenvalue weighted by molar-refractivity contribution is 0.389. The van der Waals surface area contributed by atoms with E-state index in [0.29, 0.717) is 5.41 Å². The molecule has 0 unspecified atom stereocenters. The Morgan fingerprint density at radius 1 is 1.56 bits per heavy atom. The maximum absolute atomic E-state index is 3.18. The van der Waals surface area contributed by atoms with Gasteiger partial charge in [-0.3, -0.25) is 0 Å². The van der Waals surface area contributed by atoms with Crippen molar-refractivity contribution in [3.8, 4) is 0 Å². The van der Waals surface area contributed by atoms with Gasteiger partial charge in [0.05, 0.1) is 0 Å². The summed E-state index contributed by atoms with van der Waals surface area (Å²) in [4.78, 5) is 0. The molecule has 0 fully saturated rings.